The van der Waals surface area contributed by atoms with Crippen LogP contribution in [0, 0.1) is 11.8 Å². The topological polar surface area (TPSA) is 26.3 Å². The summed E-state index contributed by atoms with van der Waals surface area (Å²) in [6.07, 6.45) is 4.36. The van der Waals surface area contributed by atoms with E-state index in [1.165, 1.54) is 5.56 Å². The van der Waals surface area contributed by atoms with E-state index in [2.05, 4.69) is 18.7 Å². The molecule has 0 radical (unpaired) electrons. The van der Waals surface area contributed by atoms with Crippen LogP contribution < -0.4 is 0 Å². The number of ether oxygens (including phenoxy) is 1. The van der Waals surface area contributed by atoms with Crippen molar-refractivity contribution in [1.82, 2.24) is 0 Å². The minimum atomic E-state index is 0.306. The largest absolute Gasteiger partial charge is 0.376 e. The Morgan fingerprint density at radius 1 is 1.39 bits per heavy atom. The van der Waals surface area contributed by atoms with Crippen LogP contribution in [0.3, 0.4) is 0 Å². The van der Waals surface area contributed by atoms with Crippen LogP contribution in [0.15, 0.2) is 43.0 Å². The minimum absolute atomic E-state index is 0.306. The van der Waals surface area contributed by atoms with E-state index in [4.69, 9.17) is 4.74 Å². The van der Waals surface area contributed by atoms with Crippen molar-refractivity contribution >= 4 is 5.78 Å². The summed E-state index contributed by atoms with van der Waals surface area (Å²) in [5, 5.41) is 0. The highest BCUT2D eigenvalue weighted by molar-refractivity contribution is 5.80. The first-order chi connectivity index (χ1) is 8.79. The first kappa shape index (κ1) is 13.0. The number of ketones is 1. The molecule has 2 nitrogen and oxygen atoms in total. The predicted molar refractivity (Wildman–Crippen MR) is 72.1 cm³/mol. The van der Waals surface area contributed by atoms with Gasteiger partial charge < -0.3 is 4.74 Å². The van der Waals surface area contributed by atoms with Gasteiger partial charge in [-0.05, 0) is 17.9 Å². The molecule has 96 valence electrons. The molecule has 0 saturated heterocycles. The molecule has 0 amide bonds. The van der Waals surface area contributed by atoms with Crippen LogP contribution in [0.25, 0.3) is 0 Å². The molecule has 0 aliphatic heterocycles. The molecule has 1 aliphatic carbocycles. The molecular weight excluding hydrogens is 224 g/mol. The summed E-state index contributed by atoms with van der Waals surface area (Å²) in [6.45, 7) is 5.16. The average molecular weight is 244 g/mol. The number of rotatable bonds is 6. The van der Waals surface area contributed by atoms with Crippen molar-refractivity contribution in [2.75, 3.05) is 6.61 Å². The fourth-order valence-electron chi connectivity index (χ4n) is 2.49. The Morgan fingerprint density at radius 3 is 2.78 bits per heavy atom. The molecule has 2 rings (SSSR count). The normalized spacial score (nSPS) is 20.9. The van der Waals surface area contributed by atoms with Crippen molar-refractivity contribution in [2.45, 2.75) is 25.9 Å². The van der Waals surface area contributed by atoms with Gasteiger partial charge in [-0.1, -0.05) is 36.4 Å². The second kappa shape index (κ2) is 6.50. The third-order valence-electron chi connectivity index (χ3n) is 3.61. The highest BCUT2D eigenvalue weighted by Crippen LogP contribution is 2.30. The maximum atomic E-state index is 11.3. The van der Waals surface area contributed by atoms with E-state index in [1.54, 1.807) is 0 Å². The first-order valence-electron chi connectivity index (χ1n) is 6.55. The van der Waals surface area contributed by atoms with Crippen LogP contribution >= 0.6 is 0 Å². The lowest BCUT2D eigenvalue weighted by molar-refractivity contribution is -0.117. The SMILES string of the molecule is C=C[C@H](COCc1ccccc1)[C@H]1CCC(=O)C1. The van der Waals surface area contributed by atoms with Gasteiger partial charge in [0.15, 0.2) is 0 Å². The van der Waals surface area contributed by atoms with Crippen molar-refractivity contribution in [3.05, 3.63) is 48.6 Å². The summed E-state index contributed by atoms with van der Waals surface area (Å²) < 4.78 is 5.74. The van der Waals surface area contributed by atoms with Gasteiger partial charge in [-0.2, -0.15) is 0 Å². The van der Waals surface area contributed by atoms with Gasteiger partial charge in [0, 0.05) is 18.8 Å². The van der Waals surface area contributed by atoms with Crippen LogP contribution in [-0.4, -0.2) is 12.4 Å². The molecule has 1 aromatic rings. The van der Waals surface area contributed by atoms with Gasteiger partial charge in [-0.15, -0.1) is 6.58 Å². The molecule has 2 atom stereocenters. The van der Waals surface area contributed by atoms with Crippen molar-refractivity contribution in [1.29, 1.82) is 0 Å². The Bertz CT molecular complexity index is 397. The molecule has 1 fully saturated rings. The van der Waals surface area contributed by atoms with Crippen LogP contribution in [0.4, 0.5) is 0 Å². The highest BCUT2D eigenvalue weighted by Gasteiger charge is 2.27. The minimum Gasteiger partial charge on any atom is -0.376 e. The van der Waals surface area contributed by atoms with Crippen LogP contribution in [0.2, 0.25) is 0 Å². The molecule has 1 aromatic carbocycles. The lowest BCUT2D eigenvalue weighted by Crippen LogP contribution is -2.16. The van der Waals surface area contributed by atoms with Gasteiger partial charge in [-0.25, -0.2) is 0 Å². The van der Waals surface area contributed by atoms with Crippen molar-refractivity contribution in [2.24, 2.45) is 11.8 Å². The number of carbonyl (C=O) groups is 1. The zero-order chi connectivity index (χ0) is 12.8. The molecule has 18 heavy (non-hydrogen) atoms. The average Bonchev–Trinajstić information content (AvgIpc) is 2.82. The van der Waals surface area contributed by atoms with Gasteiger partial charge in [0.05, 0.1) is 13.2 Å². The number of hydrogen-bond donors (Lipinski definition) is 0. The summed E-state index contributed by atoms with van der Waals surface area (Å²) in [7, 11) is 0. The number of hydrogen-bond acceptors (Lipinski definition) is 2. The summed E-state index contributed by atoms with van der Waals surface area (Å²) in [6, 6.07) is 10.1. The molecule has 0 heterocycles. The zero-order valence-electron chi connectivity index (χ0n) is 10.7. The first-order valence-corrected chi connectivity index (χ1v) is 6.55. The van der Waals surface area contributed by atoms with E-state index < -0.39 is 0 Å². The Balaban J connectivity index is 1.77. The Morgan fingerprint density at radius 2 is 2.17 bits per heavy atom. The number of Topliss-reactive ketones (excluding diaryl/α,β-unsaturated/α-hetero) is 1. The molecule has 0 bridgehead atoms. The van der Waals surface area contributed by atoms with Gasteiger partial charge in [0.2, 0.25) is 0 Å². The van der Waals surface area contributed by atoms with Gasteiger partial charge in [0.25, 0.3) is 0 Å². The Hall–Kier alpha value is -1.41. The van der Waals surface area contributed by atoms with Gasteiger partial charge >= 0.3 is 0 Å². The second-order valence-corrected chi connectivity index (χ2v) is 4.94. The van der Waals surface area contributed by atoms with Crippen molar-refractivity contribution in [3.8, 4) is 0 Å². The summed E-state index contributed by atoms with van der Waals surface area (Å²) >= 11 is 0. The van der Waals surface area contributed by atoms with Gasteiger partial charge in [-0.3, -0.25) is 4.79 Å². The highest BCUT2D eigenvalue weighted by atomic mass is 16.5. The fourth-order valence-corrected chi connectivity index (χ4v) is 2.49. The van der Waals surface area contributed by atoms with Crippen molar-refractivity contribution in [3.63, 3.8) is 0 Å². The Labute approximate surface area is 109 Å². The quantitative estimate of drug-likeness (QED) is 0.717. The molecule has 0 unspecified atom stereocenters. The summed E-state index contributed by atoms with van der Waals surface area (Å²) in [5.74, 6) is 1.13. The van der Waals surface area contributed by atoms with E-state index >= 15 is 0 Å². The lowest BCUT2D eigenvalue weighted by atomic mass is 9.92. The maximum Gasteiger partial charge on any atom is 0.133 e. The monoisotopic (exact) mass is 244 g/mol. The van der Waals surface area contributed by atoms with Crippen LogP contribution in [0.5, 0.6) is 0 Å². The predicted octanol–water partition coefficient (Wildman–Crippen LogP) is 3.37. The molecule has 1 aliphatic rings. The molecule has 2 heteroatoms. The number of carbonyl (C=O) groups excluding carboxylic acids is 1. The second-order valence-electron chi connectivity index (χ2n) is 4.94. The maximum absolute atomic E-state index is 11.3. The standard InChI is InChI=1S/C16H20O2/c1-2-14(15-8-9-16(17)10-15)12-18-11-13-6-4-3-5-7-13/h2-7,14-15H,1,8-12H2/t14-,15+/m1/s1. The van der Waals surface area contributed by atoms with E-state index in [0.29, 0.717) is 37.3 Å². The third kappa shape index (κ3) is 3.54. The van der Waals surface area contributed by atoms with E-state index in [9.17, 15) is 4.79 Å². The third-order valence-corrected chi connectivity index (χ3v) is 3.61. The van der Waals surface area contributed by atoms with Crippen LogP contribution in [-0.2, 0) is 16.1 Å². The van der Waals surface area contributed by atoms with E-state index in [-0.39, 0.29) is 0 Å². The number of benzene rings is 1. The molecular formula is C16H20O2. The summed E-state index contributed by atoms with van der Waals surface area (Å²) in [4.78, 5) is 11.3. The van der Waals surface area contributed by atoms with E-state index in [0.717, 1.165) is 12.8 Å². The van der Waals surface area contributed by atoms with Crippen molar-refractivity contribution < 1.29 is 9.53 Å². The van der Waals surface area contributed by atoms with E-state index in [1.807, 2.05) is 24.3 Å². The Kier molecular flexibility index (Phi) is 4.71. The molecule has 0 aromatic heterocycles. The lowest BCUT2D eigenvalue weighted by Gasteiger charge is -2.19. The van der Waals surface area contributed by atoms with Gasteiger partial charge in [0.1, 0.15) is 5.78 Å². The fraction of sp³-hybridized carbons (Fsp3) is 0.438. The van der Waals surface area contributed by atoms with Crippen LogP contribution in [0.1, 0.15) is 24.8 Å². The zero-order valence-corrected chi connectivity index (χ0v) is 10.7. The smallest absolute Gasteiger partial charge is 0.133 e. The molecule has 0 spiro atoms. The molecule has 0 N–H and O–H groups in total. The molecule has 1 saturated carbocycles. The summed E-state index contributed by atoms with van der Waals surface area (Å²) in [5.41, 5.74) is 1.18.